The number of hydrogen-bond acceptors (Lipinski definition) is 4. The van der Waals surface area contributed by atoms with Gasteiger partial charge in [-0.2, -0.15) is 18.4 Å². The molecule has 1 aromatic rings. The van der Waals surface area contributed by atoms with Gasteiger partial charge in [-0.3, -0.25) is 9.00 Å². The van der Waals surface area contributed by atoms with Crippen molar-refractivity contribution in [1.29, 1.82) is 5.26 Å². The van der Waals surface area contributed by atoms with Crippen molar-refractivity contribution in [2.75, 3.05) is 18.0 Å². The fraction of sp³-hybridized carbons (Fsp3) is 0.333. The summed E-state index contributed by atoms with van der Waals surface area (Å²) in [4.78, 5) is 11.4. The van der Waals surface area contributed by atoms with E-state index >= 15 is 0 Å². The van der Waals surface area contributed by atoms with E-state index in [1.807, 2.05) is 6.07 Å². The molecule has 1 rings (SSSR count). The lowest BCUT2D eigenvalue weighted by Crippen LogP contribution is -2.29. The monoisotopic (exact) mass is 319 g/mol. The molecule has 9 heteroatoms. The van der Waals surface area contributed by atoms with Crippen LogP contribution in [0.5, 0.6) is 0 Å². The SMILES string of the molecule is N#CCCNC(=O)CS(=O)c1ccc(C(F)(F)F)cc1N. The topological polar surface area (TPSA) is 96.0 Å². The van der Waals surface area contributed by atoms with E-state index in [2.05, 4.69) is 5.32 Å². The zero-order chi connectivity index (χ0) is 16.0. The van der Waals surface area contributed by atoms with Crippen LogP contribution in [0.4, 0.5) is 18.9 Å². The largest absolute Gasteiger partial charge is 0.416 e. The molecule has 0 saturated heterocycles. The zero-order valence-corrected chi connectivity index (χ0v) is 11.6. The van der Waals surface area contributed by atoms with Gasteiger partial charge in [-0.1, -0.05) is 0 Å². The van der Waals surface area contributed by atoms with E-state index in [9.17, 15) is 22.2 Å². The number of carbonyl (C=O) groups excluding carboxylic acids is 1. The molecule has 0 radical (unpaired) electrons. The number of nitrogens with two attached hydrogens (primary N) is 1. The Balaban J connectivity index is 2.76. The number of nitrogen functional groups attached to an aromatic ring is 1. The van der Waals surface area contributed by atoms with Crippen molar-refractivity contribution >= 4 is 22.4 Å². The summed E-state index contributed by atoms with van der Waals surface area (Å²) >= 11 is 0. The van der Waals surface area contributed by atoms with Crippen LogP contribution in [0.2, 0.25) is 0 Å². The molecule has 0 spiro atoms. The van der Waals surface area contributed by atoms with Gasteiger partial charge in [0, 0.05) is 12.2 Å². The Morgan fingerprint density at radius 3 is 2.62 bits per heavy atom. The van der Waals surface area contributed by atoms with Crippen molar-refractivity contribution in [3.05, 3.63) is 23.8 Å². The minimum atomic E-state index is -4.54. The second-order valence-corrected chi connectivity index (χ2v) is 5.42. The lowest BCUT2D eigenvalue weighted by molar-refractivity contribution is -0.137. The fourth-order valence-electron chi connectivity index (χ4n) is 1.44. The number of nitrogens with zero attached hydrogens (tertiary/aromatic N) is 1. The third-order valence-corrected chi connectivity index (χ3v) is 3.79. The Morgan fingerprint density at radius 1 is 1.43 bits per heavy atom. The number of nitrogens with one attached hydrogen (secondary N) is 1. The summed E-state index contributed by atoms with van der Waals surface area (Å²) in [5.74, 6) is -0.996. The summed E-state index contributed by atoms with van der Waals surface area (Å²) in [5.41, 5.74) is 4.22. The zero-order valence-electron chi connectivity index (χ0n) is 10.7. The number of anilines is 1. The lowest BCUT2D eigenvalue weighted by Gasteiger charge is -2.10. The molecule has 0 aliphatic heterocycles. The van der Waals surface area contributed by atoms with Gasteiger partial charge in [-0.25, -0.2) is 0 Å². The molecule has 0 aliphatic carbocycles. The van der Waals surface area contributed by atoms with Crippen molar-refractivity contribution in [2.45, 2.75) is 17.5 Å². The van der Waals surface area contributed by atoms with Crippen LogP contribution >= 0.6 is 0 Å². The van der Waals surface area contributed by atoms with Crippen molar-refractivity contribution in [2.24, 2.45) is 0 Å². The predicted octanol–water partition coefficient (Wildman–Crippen LogP) is 1.43. The Morgan fingerprint density at radius 2 is 2.10 bits per heavy atom. The van der Waals surface area contributed by atoms with E-state index in [1.165, 1.54) is 0 Å². The van der Waals surface area contributed by atoms with Gasteiger partial charge < -0.3 is 11.1 Å². The summed E-state index contributed by atoms with van der Waals surface area (Å²) in [6.45, 7) is 0.120. The van der Waals surface area contributed by atoms with Gasteiger partial charge >= 0.3 is 6.18 Å². The predicted molar refractivity (Wildman–Crippen MR) is 70.4 cm³/mol. The quantitative estimate of drug-likeness (QED) is 0.634. The average molecular weight is 319 g/mol. The first kappa shape index (κ1) is 17.0. The number of halogens is 3. The third kappa shape index (κ3) is 5.07. The lowest BCUT2D eigenvalue weighted by atomic mass is 10.2. The Hall–Kier alpha value is -2.08. The van der Waals surface area contributed by atoms with Gasteiger partial charge in [0.1, 0.15) is 5.75 Å². The maximum atomic E-state index is 12.5. The van der Waals surface area contributed by atoms with Crippen LogP contribution in [0.1, 0.15) is 12.0 Å². The molecule has 5 nitrogen and oxygen atoms in total. The van der Waals surface area contributed by atoms with Crippen LogP contribution < -0.4 is 11.1 Å². The molecule has 0 saturated carbocycles. The highest BCUT2D eigenvalue weighted by Gasteiger charge is 2.31. The van der Waals surface area contributed by atoms with Gasteiger partial charge in [0.2, 0.25) is 5.91 Å². The molecule has 21 heavy (non-hydrogen) atoms. The number of amides is 1. The van der Waals surface area contributed by atoms with E-state index in [0.29, 0.717) is 6.07 Å². The molecule has 0 bridgehead atoms. The molecular weight excluding hydrogens is 307 g/mol. The van der Waals surface area contributed by atoms with E-state index in [1.54, 1.807) is 0 Å². The first-order chi connectivity index (χ1) is 9.75. The summed E-state index contributed by atoms with van der Waals surface area (Å²) in [5, 5.41) is 10.7. The summed E-state index contributed by atoms with van der Waals surface area (Å²) in [7, 11) is -1.85. The molecule has 1 aromatic carbocycles. The highest BCUT2D eigenvalue weighted by molar-refractivity contribution is 7.86. The smallest absolute Gasteiger partial charge is 0.398 e. The third-order valence-electron chi connectivity index (χ3n) is 2.40. The van der Waals surface area contributed by atoms with E-state index in [-0.39, 0.29) is 23.5 Å². The van der Waals surface area contributed by atoms with E-state index in [0.717, 1.165) is 12.1 Å². The number of rotatable bonds is 5. The van der Waals surface area contributed by atoms with Crippen molar-refractivity contribution in [1.82, 2.24) is 5.32 Å². The molecule has 114 valence electrons. The molecule has 0 heterocycles. The van der Waals surface area contributed by atoms with Crippen LogP contribution in [0.3, 0.4) is 0 Å². The average Bonchev–Trinajstić information content (AvgIpc) is 2.37. The summed E-state index contributed by atoms with van der Waals surface area (Å²) in [6, 6.07) is 4.26. The van der Waals surface area contributed by atoms with Gasteiger partial charge in [-0.05, 0) is 18.2 Å². The highest BCUT2D eigenvalue weighted by atomic mass is 32.2. The molecular formula is C12H12F3N3O2S. The fourth-order valence-corrected chi connectivity index (χ4v) is 2.48. The summed E-state index contributed by atoms with van der Waals surface area (Å²) in [6.07, 6.45) is -4.43. The van der Waals surface area contributed by atoms with Crippen molar-refractivity contribution in [3.8, 4) is 6.07 Å². The number of nitriles is 1. The van der Waals surface area contributed by atoms with Crippen molar-refractivity contribution < 1.29 is 22.2 Å². The maximum absolute atomic E-state index is 12.5. The second-order valence-electron chi connectivity index (χ2n) is 4.00. The van der Waals surface area contributed by atoms with Gasteiger partial charge in [-0.15, -0.1) is 0 Å². The maximum Gasteiger partial charge on any atom is 0.416 e. The van der Waals surface area contributed by atoms with E-state index < -0.39 is 34.2 Å². The molecule has 3 N–H and O–H groups in total. The number of alkyl halides is 3. The molecule has 0 fully saturated rings. The Bertz CT molecular complexity index is 596. The molecule has 1 atom stereocenters. The Labute approximate surface area is 121 Å². The molecule has 0 aromatic heterocycles. The molecule has 1 unspecified atom stereocenters. The number of hydrogen-bond donors (Lipinski definition) is 2. The standard InChI is InChI=1S/C12H12F3N3O2S/c13-12(14,15)8-2-3-10(9(17)6-8)21(20)7-11(19)18-5-1-4-16/h2-3,6H,1,5,7,17H2,(H,18,19). The van der Waals surface area contributed by atoms with Gasteiger partial charge in [0.05, 0.1) is 33.7 Å². The second kappa shape index (κ2) is 7.08. The summed E-state index contributed by atoms with van der Waals surface area (Å²) < 4.78 is 49.3. The first-order valence-electron chi connectivity index (χ1n) is 5.74. The number of benzene rings is 1. The first-order valence-corrected chi connectivity index (χ1v) is 7.06. The molecule has 1 amide bonds. The van der Waals surface area contributed by atoms with Crippen molar-refractivity contribution in [3.63, 3.8) is 0 Å². The van der Waals surface area contributed by atoms with Gasteiger partial charge in [0.25, 0.3) is 0 Å². The normalized spacial score (nSPS) is 12.5. The van der Waals surface area contributed by atoms with Crippen LogP contribution in [0.25, 0.3) is 0 Å². The highest BCUT2D eigenvalue weighted by Crippen LogP contribution is 2.32. The van der Waals surface area contributed by atoms with Crippen LogP contribution in [0.15, 0.2) is 23.1 Å². The number of carbonyl (C=O) groups is 1. The van der Waals surface area contributed by atoms with Gasteiger partial charge in [0.15, 0.2) is 0 Å². The molecule has 0 aliphatic rings. The van der Waals surface area contributed by atoms with Crippen LogP contribution in [-0.2, 0) is 21.8 Å². The minimum absolute atomic E-state index is 0.0292. The Kier molecular flexibility index (Phi) is 5.72. The minimum Gasteiger partial charge on any atom is -0.398 e. The van der Waals surface area contributed by atoms with E-state index in [4.69, 9.17) is 11.0 Å². The van der Waals surface area contributed by atoms with Crippen LogP contribution in [0, 0.1) is 11.3 Å². The van der Waals surface area contributed by atoms with Crippen LogP contribution in [-0.4, -0.2) is 22.4 Å².